The van der Waals surface area contributed by atoms with E-state index in [1.807, 2.05) is 13.8 Å². The Morgan fingerprint density at radius 2 is 1.84 bits per heavy atom. The molecule has 0 bridgehead atoms. The van der Waals surface area contributed by atoms with E-state index in [1.54, 1.807) is 0 Å². The van der Waals surface area contributed by atoms with Gasteiger partial charge in [-0.25, -0.2) is 8.78 Å². The van der Waals surface area contributed by atoms with Crippen LogP contribution in [0.25, 0.3) is 0 Å². The minimum Gasteiger partial charge on any atom is -0.469 e. The average molecular weight is 461 g/mol. The van der Waals surface area contributed by atoms with Crippen molar-refractivity contribution in [1.82, 2.24) is 0 Å². The molecule has 7 heteroatoms. The first-order valence-electron chi connectivity index (χ1n) is 12.3. The Morgan fingerprint density at radius 1 is 1.16 bits per heavy atom. The summed E-state index contributed by atoms with van der Waals surface area (Å²) >= 11 is 0. The Labute approximate surface area is 191 Å². The number of methoxy groups -OCH3 is 1. The quantitative estimate of drug-likeness (QED) is 0.463. The molecule has 2 fully saturated rings. The zero-order valence-corrected chi connectivity index (χ0v) is 20.3. The summed E-state index contributed by atoms with van der Waals surface area (Å²) in [4.78, 5) is 24.0. The molecular weight excluding hydrogens is 418 g/mol. The van der Waals surface area contributed by atoms with E-state index in [4.69, 9.17) is 4.74 Å². The van der Waals surface area contributed by atoms with Crippen LogP contribution < -0.4 is 0 Å². The fourth-order valence-corrected chi connectivity index (χ4v) is 5.64. The van der Waals surface area contributed by atoms with E-state index in [0.717, 1.165) is 12.8 Å². The lowest BCUT2D eigenvalue weighted by atomic mass is 9.59. The van der Waals surface area contributed by atoms with Gasteiger partial charge in [0.1, 0.15) is 18.4 Å². The monoisotopic (exact) mass is 460 g/mol. The van der Waals surface area contributed by atoms with Gasteiger partial charge >= 0.3 is 11.9 Å². The lowest BCUT2D eigenvalue weighted by molar-refractivity contribution is -0.168. The van der Waals surface area contributed by atoms with Gasteiger partial charge in [-0.2, -0.15) is 0 Å². The molecule has 2 rings (SSSR count). The minimum atomic E-state index is -1.47. The molecule has 0 aromatic rings. The number of esters is 2. The van der Waals surface area contributed by atoms with Crippen molar-refractivity contribution in [2.45, 2.75) is 104 Å². The molecular formula is C25H42F2O5. The molecule has 2 aliphatic rings. The number of rotatable bonds is 10. The minimum absolute atomic E-state index is 0.0705. The van der Waals surface area contributed by atoms with Crippen molar-refractivity contribution in [1.29, 1.82) is 0 Å². The SMILES string of the molecule is CC[C@H](C)C(=O)O[C@H]1C[C@H](F)CC2CC[C@H](C)[C@H](CC[C@@H](O)C[C@H](F)C(C)C(=O)OC)C21. The number of hydrogen-bond donors (Lipinski definition) is 1. The molecule has 0 heterocycles. The number of alkyl halides is 2. The number of carbonyl (C=O) groups is 2. The van der Waals surface area contributed by atoms with Gasteiger partial charge in [0.05, 0.1) is 25.0 Å². The summed E-state index contributed by atoms with van der Waals surface area (Å²) in [5, 5.41) is 10.5. The van der Waals surface area contributed by atoms with Crippen LogP contribution in [0.4, 0.5) is 8.78 Å². The van der Waals surface area contributed by atoms with E-state index in [9.17, 15) is 23.5 Å². The summed E-state index contributed by atoms with van der Waals surface area (Å²) in [5.41, 5.74) is 0. The van der Waals surface area contributed by atoms with Crippen LogP contribution >= 0.6 is 0 Å². The van der Waals surface area contributed by atoms with Crippen molar-refractivity contribution in [3.05, 3.63) is 0 Å². The summed E-state index contributed by atoms with van der Waals surface area (Å²) in [6.45, 7) is 7.39. The number of aliphatic hydroxyl groups is 1. The summed E-state index contributed by atoms with van der Waals surface area (Å²) in [6, 6.07) is 0. The summed E-state index contributed by atoms with van der Waals surface area (Å²) in [6.07, 6.45) is 0.510. The molecule has 3 unspecified atom stereocenters. The second-order valence-electron chi connectivity index (χ2n) is 10.2. The highest BCUT2D eigenvalue weighted by Crippen LogP contribution is 2.49. The van der Waals surface area contributed by atoms with Gasteiger partial charge in [0.15, 0.2) is 0 Å². The molecule has 186 valence electrons. The number of ether oxygens (including phenoxy) is 2. The number of hydrogen-bond acceptors (Lipinski definition) is 5. The largest absolute Gasteiger partial charge is 0.469 e. The maximum Gasteiger partial charge on any atom is 0.311 e. The highest BCUT2D eigenvalue weighted by atomic mass is 19.1. The second kappa shape index (κ2) is 12.3. The second-order valence-corrected chi connectivity index (χ2v) is 10.2. The molecule has 0 amide bonds. The predicted molar refractivity (Wildman–Crippen MR) is 118 cm³/mol. The zero-order valence-electron chi connectivity index (χ0n) is 20.3. The first-order valence-corrected chi connectivity index (χ1v) is 12.3. The van der Waals surface area contributed by atoms with Gasteiger partial charge in [0.25, 0.3) is 0 Å². The van der Waals surface area contributed by atoms with Gasteiger partial charge in [-0.05, 0) is 56.8 Å². The topological polar surface area (TPSA) is 72.8 Å². The summed E-state index contributed by atoms with van der Waals surface area (Å²) < 4.78 is 39.3. The fraction of sp³-hybridized carbons (Fsp3) is 0.920. The Hall–Kier alpha value is -1.24. The highest BCUT2D eigenvalue weighted by Gasteiger charge is 2.48. The standard InChI is InChI=1S/C25H42F2O5/c1-6-14(2)24(29)32-22-12-18(26)11-17-8-7-15(3)20(23(17)22)10-9-19(28)13-21(27)16(4)25(30)31-5/h14-23,28H,6-13H2,1-5H3/t14-,15-,16?,17?,18+,19+,20-,21-,22-,23?/m0/s1. The molecule has 0 aliphatic heterocycles. The van der Waals surface area contributed by atoms with E-state index >= 15 is 0 Å². The van der Waals surface area contributed by atoms with Gasteiger partial charge in [-0.15, -0.1) is 0 Å². The Balaban J connectivity index is 2.04. The van der Waals surface area contributed by atoms with Crippen LogP contribution in [0, 0.1) is 35.5 Å². The maximum atomic E-state index is 14.5. The summed E-state index contributed by atoms with van der Waals surface area (Å²) in [7, 11) is 1.22. The molecule has 10 atom stereocenters. The van der Waals surface area contributed by atoms with Crippen LogP contribution in [0.3, 0.4) is 0 Å². The van der Waals surface area contributed by atoms with Crippen LogP contribution in [0.15, 0.2) is 0 Å². The Kier molecular flexibility index (Phi) is 10.4. The van der Waals surface area contributed by atoms with Crippen molar-refractivity contribution >= 4 is 11.9 Å². The lowest BCUT2D eigenvalue weighted by Crippen LogP contribution is -2.48. The van der Waals surface area contributed by atoms with Crippen molar-refractivity contribution < 1.29 is 33.0 Å². The Bertz CT molecular complexity index is 615. The first kappa shape index (κ1) is 27.0. The molecule has 5 nitrogen and oxygen atoms in total. The van der Waals surface area contributed by atoms with E-state index in [1.165, 1.54) is 14.0 Å². The van der Waals surface area contributed by atoms with Crippen molar-refractivity contribution in [2.24, 2.45) is 35.5 Å². The van der Waals surface area contributed by atoms with Gasteiger partial charge in [-0.1, -0.05) is 27.2 Å². The number of aliphatic hydroxyl groups excluding tert-OH is 1. The van der Waals surface area contributed by atoms with E-state index in [-0.39, 0.29) is 42.5 Å². The van der Waals surface area contributed by atoms with Gasteiger partial charge in [-0.3, -0.25) is 9.59 Å². The van der Waals surface area contributed by atoms with Crippen LogP contribution in [0.5, 0.6) is 0 Å². The third-order valence-corrected chi connectivity index (χ3v) is 7.97. The number of halogens is 2. The Morgan fingerprint density at radius 3 is 2.47 bits per heavy atom. The fourth-order valence-electron chi connectivity index (χ4n) is 5.64. The molecule has 0 radical (unpaired) electrons. The average Bonchev–Trinajstić information content (AvgIpc) is 2.76. The van der Waals surface area contributed by atoms with Crippen molar-refractivity contribution in [2.75, 3.05) is 7.11 Å². The van der Waals surface area contributed by atoms with Gasteiger partial charge in [0.2, 0.25) is 0 Å². The van der Waals surface area contributed by atoms with Crippen LogP contribution in [0.2, 0.25) is 0 Å². The van der Waals surface area contributed by atoms with Crippen LogP contribution in [0.1, 0.15) is 79.1 Å². The van der Waals surface area contributed by atoms with E-state index < -0.39 is 36.4 Å². The van der Waals surface area contributed by atoms with Crippen molar-refractivity contribution in [3.63, 3.8) is 0 Å². The smallest absolute Gasteiger partial charge is 0.311 e. The third kappa shape index (κ3) is 6.88. The lowest BCUT2D eigenvalue weighted by Gasteiger charge is -2.49. The predicted octanol–water partition coefficient (Wildman–Crippen LogP) is 5.03. The normalized spacial score (nSPS) is 34.0. The van der Waals surface area contributed by atoms with Crippen LogP contribution in [-0.4, -0.2) is 48.7 Å². The highest BCUT2D eigenvalue weighted by molar-refractivity contribution is 5.72. The molecule has 2 aliphatic carbocycles. The van der Waals surface area contributed by atoms with E-state index in [0.29, 0.717) is 31.6 Å². The molecule has 2 saturated carbocycles. The third-order valence-electron chi connectivity index (χ3n) is 7.97. The molecule has 1 N–H and O–H groups in total. The van der Waals surface area contributed by atoms with Crippen molar-refractivity contribution in [3.8, 4) is 0 Å². The zero-order chi connectivity index (χ0) is 24.0. The number of carbonyl (C=O) groups excluding carboxylic acids is 2. The van der Waals surface area contributed by atoms with Crippen LogP contribution in [-0.2, 0) is 19.1 Å². The first-order chi connectivity index (χ1) is 15.1. The summed E-state index contributed by atoms with van der Waals surface area (Å²) in [5.74, 6) is -1.24. The van der Waals surface area contributed by atoms with Gasteiger partial charge in [0, 0.05) is 18.8 Å². The molecule has 0 spiro atoms. The molecule has 0 saturated heterocycles. The molecule has 32 heavy (non-hydrogen) atoms. The van der Waals surface area contributed by atoms with Gasteiger partial charge < -0.3 is 14.6 Å². The number of fused-ring (bicyclic) bond motifs is 1. The maximum absolute atomic E-state index is 14.5. The molecule has 0 aromatic heterocycles. The molecule has 0 aromatic carbocycles. The van der Waals surface area contributed by atoms with E-state index in [2.05, 4.69) is 11.7 Å².